The SMILES string of the molecule is Cc1ccccc1-c1ccccc1.Nc1ccccc1Nc1cccc(-c2c3ccccc3c(-c3cccc(-c4ccccc4)c3)c3ccccc23)c1. The smallest absolute Gasteiger partial charge is 0.0617 e. The molecule has 0 heterocycles. The summed E-state index contributed by atoms with van der Waals surface area (Å²) in [6.07, 6.45) is 0. The molecule has 2 nitrogen and oxygen atoms in total. The van der Waals surface area contributed by atoms with E-state index >= 15 is 0 Å². The predicted molar refractivity (Wildman–Crippen MR) is 229 cm³/mol. The van der Waals surface area contributed by atoms with Gasteiger partial charge in [0.25, 0.3) is 0 Å². The Balaban J connectivity index is 0.000000259. The van der Waals surface area contributed by atoms with Gasteiger partial charge in [-0.2, -0.15) is 0 Å². The number of nitrogen functional groups attached to an aromatic ring is 1. The van der Waals surface area contributed by atoms with Crippen molar-refractivity contribution in [3.8, 4) is 44.5 Å². The molecule has 9 aromatic rings. The standard InChI is InChI=1S/C38H28N2.C13H12/c39-35-22-8-9-23-36(35)40-30-17-11-16-29(25-30)38-33-20-6-4-18-31(33)37(32-19-5-7-21-34(32)38)28-15-10-14-27(24-28)26-12-2-1-3-13-26;1-11-7-5-6-10-13(11)12-8-3-2-4-9-12/h1-25,40H,39H2;2-10H,1H3. The zero-order valence-electron chi connectivity index (χ0n) is 29.7. The minimum absolute atomic E-state index is 0.728. The van der Waals surface area contributed by atoms with Crippen LogP contribution < -0.4 is 11.1 Å². The molecule has 2 heteroatoms. The molecule has 0 aliphatic carbocycles. The van der Waals surface area contributed by atoms with Gasteiger partial charge in [0.15, 0.2) is 0 Å². The molecule has 0 bridgehead atoms. The van der Waals surface area contributed by atoms with Crippen molar-refractivity contribution in [2.24, 2.45) is 0 Å². The molecule has 9 aromatic carbocycles. The largest absolute Gasteiger partial charge is 0.397 e. The fourth-order valence-corrected chi connectivity index (χ4v) is 7.27. The maximum Gasteiger partial charge on any atom is 0.0617 e. The highest BCUT2D eigenvalue weighted by Gasteiger charge is 2.17. The molecule has 0 amide bonds. The highest BCUT2D eigenvalue weighted by Crippen LogP contribution is 2.44. The van der Waals surface area contributed by atoms with E-state index in [0.29, 0.717) is 0 Å². The lowest BCUT2D eigenvalue weighted by atomic mass is 9.85. The monoisotopic (exact) mass is 680 g/mol. The molecule has 0 radical (unpaired) electrons. The fourth-order valence-electron chi connectivity index (χ4n) is 7.27. The van der Waals surface area contributed by atoms with E-state index in [2.05, 4.69) is 188 Å². The molecule has 3 N–H and O–H groups in total. The van der Waals surface area contributed by atoms with Crippen molar-refractivity contribution in [3.05, 3.63) is 212 Å². The van der Waals surface area contributed by atoms with Crippen LogP contribution in [0.25, 0.3) is 66.1 Å². The number of rotatable bonds is 6. The molecule has 0 unspecified atom stereocenters. The van der Waals surface area contributed by atoms with Gasteiger partial charge in [-0.15, -0.1) is 0 Å². The summed E-state index contributed by atoms with van der Waals surface area (Å²) < 4.78 is 0. The van der Waals surface area contributed by atoms with Crippen LogP contribution in [-0.2, 0) is 0 Å². The first-order chi connectivity index (χ1) is 26.1. The Bertz CT molecular complexity index is 2600. The highest BCUT2D eigenvalue weighted by atomic mass is 14.9. The van der Waals surface area contributed by atoms with Crippen molar-refractivity contribution < 1.29 is 0 Å². The first kappa shape index (κ1) is 33.3. The quantitative estimate of drug-likeness (QED) is 0.135. The molecule has 254 valence electrons. The number of anilines is 3. The molecule has 0 saturated heterocycles. The fraction of sp³-hybridized carbons (Fsp3) is 0.0196. The van der Waals surface area contributed by atoms with Crippen LogP contribution in [-0.4, -0.2) is 0 Å². The molecular weight excluding hydrogens is 641 g/mol. The van der Waals surface area contributed by atoms with Crippen LogP contribution in [0.5, 0.6) is 0 Å². The lowest BCUT2D eigenvalue weighted by Crippen LogP contribution is -1.96. The van der Waals surface area contributed by atoms with Gasteiger partial charge in [-0.3, -0.25) is 0 Å². The van der Waals surface area contributed by atoms with Crippen LogP contribution in [0.2, 0.25) is 0 Å². The average Bonchev–Trinajstić information content (AvgIpc) is 3.22. The summed E-state index contributed by atoms with van der Waals surface area (Å²) in [5.74, 6) is 0. The van der Waals surface area contributed by atoms with Gasteiger partial charge in [0.2, 0.25) is 0 Å². The zero-order chi connectivity index (χ0) is 36.0. The Kier molecular flexibility index (Phi) is 9.50. The molecule has 0 aliphatic rings. The van der Waals surface area contributed by atoms with Crippen molar-refractivity contribution >= 4 is 38.6 Å². The second-order valence-electron chi connectivity index (χ2n) is 13.3. The topological polar surface area (TPSA) is 38.0 Å². The average molecular weight is 681 g/mol. The van der Waals surface area contributed by atoms with E-state index in [1.54, 1.807) is 0 Å². The highest BCUT2D eigenvalue weighted by molar-refractivity contribution is 6.21. The molecule has 0 aliphatic heterocycles. The Labute approximate surface area is 311 Å². The maximum absolute atomic E-state index is 6.22. The van der Waals surface area contributed by atoms with Crippen molar-refractivity contribution in [3.63, 3.8) is 0 Å². The molecule has 53 heavy (non-hydrogen) atoms. The van der Waals surface area contributed by atoms with Gasteiger partial charge in [-0.05, 0) is 109 Å². The molecule has 0 spiro atoms. The molecule has 0 saturated carbocycles. The minimum atomic E-state index is 0.728. The number of benzene rings is 9. The Morgan fingerprint density at radius 2 is 0.811 bits per heavy atom. The third kappa shape index (κ3) is 7.04. The second kappa shape index (κ2) is 15.1. The van der Waals surface area contributed by atoms with Gasteiger partial charge in [-0.25, -0.2) is 0 Å². The Morgan fingerprint density at radius 3 is 1.42 bits per heavy atom. The molecule has 0 atom stereocenters. The molecular formula is C51H40N2. The first-order valence-electron chi connectivity index (χ1n) is 18.1. The van der Waals surface area contributed by atoms with Crippen LogP contribution in [0.3, 0.4) is 0 Å². The zero-order valence-corrected chi connectivity index (χ0v) is 29.7. The van der Waals surface area contributed by atoms with Crippen LogP contribution in [0.4, 0.5) is 17.1 Å². The number of aryl methyl sites for hydroxylation is 1. The summed E-state index contributed by atoms with van der Waals surface area (Å²) in [6, 6.07) is 72.4. The van der Waals surface area contributed by atoms with Gasteiger partial charge in [-0.1, -0.05) is 176 Å². The number of hydrogen-bond acceptors (Lipinski definition) is 2. The first-order valence-corrected chi connectivity index (χ1v) is 18.1. The van der Waals surface area contributed by atoms with E-state index < -0.39 is 0 Å². The van der Waals surface area contributed by atoms with Gasteiger partial charge in [0.1, 0.15) is 0 Å². The van der Waals surface area contributed by atoms with Crippen LogP contribution in [0, 0.1) is 6.92 Å². The summed E-state index contributed by atoms with van der Waals surface area (Å²) in [7, 11) is 0. The van der Waals surface area contributed by atoms with Crippen molar-refractivity contribution in [2.45, 2.75) is 6.92 Å². The third-order valence-corrected chi connectivity index (χ3v) is 9.81. The number of para-hydroxylation sites is 2. The molecule has 0 fully saturated rings. The van der Waals surface area contributed by atoms with E-state index in [-0.39, 0.29) is 0 Å². The van der Waals surface area contributed by atoms with E-state index in [9.17, 15) is 0 Å². The second-order valence-corrected chi connectivity index (χ2v) is 13.3. The van der Waals surface area contributed by atoms with Crippen molar-refractivity contribution in [1.29, 1.82) is 0 Å². The predicted octanol–water partition coefficient (Wildman–Crippen LogP) is 14.0. The summed E-state index contributed by atoms with van der Waals surface area (Å²) in [6.45, 7) is 2.14. The normalized spacial score (nSPS) is 10.8. The molecule has 9 rings (SSSR count). The van der Waals surface area contributed by atoms with Gasteiger partial charge in [0, 0.05) is 5.69 Å². The van der Waals surface area contributed by atoms with E-state index in [1.807, 2.05) is 30.3 Å². The van der Waals surface area contributed by atoms with Crippen LogP contribution in [0.15, 0.2) is 206 Å². The van der Waals surface area contributed by atoms with Gasteiger partial charge >= 0.3 is 0 Å². The molecule has 0 aromatic heterocycles. The number of hydrogen-bond donors (Lipinski definition) is 2. The summed E-state index contributed by atoms with van der Waals surface area (Å²) in [5.41, 5.74) is 20.1. The number of fused-ring (bicyclic) bond motifs is 2. The summed E-state index contributed by atoms with van der Waals surface area (Å²) in [4.78, 5) is 0. The van der Waals surface area contributed by atoms with Gasteiger partial charge < -0.3 is 11.1 Å². The maximum atomic E-state index is 6.22. The van der Waals surface area contributed by atoms with Crippen LogP contribution in [0.1, 0.15) is 5.56 Å². The number of nitrogens with two attached hydrogens (primary N) is 1. The minimum Gasteiger partial charge on any atom is -0.397 e. The Hall–Kier alpha value is -6.90. The van der Waals surface area contributed by atoms with E-state index in [1.165, 1.54) is 66.1 Å². The third-order valence-electron chi connectivity index (χ3n) is 9.81. The summed E-state index contributed by atoms with van der Waals surface area (Å²) in [5, 5.41) is 8.47. The van der Waals surface area contributed by atoms with E-state index in [4.69, 9.17) is 5.73 Å². The summed E-state index contributed by atoms with van der Waals surface area (Å²) >= 11 is 0. The van der Waals surface area contributed by atoms with Gasteiger partial charge in [0.05, 0.1) is 11.4 Å². The lowest BCUT2D eigenvalue weighted by molar-refractivity contribution is 1.46. The number of nitrogens with one attached hydrogen (secondary N) is 1. The lowest BCUT2D eigenvalue weighted by Gasteiger charge is -2.19. The van der Waals surface area contributed by atoms with E-state index in [0.717, 1.165) is 22.6 Å². The Morgan fingerprint density at radius 1 is 0.358 bits per heavy atom. The van der Waals surface area contributed by atoms with Crippen molar-refractivity contribution in [1.82, 2.24) is 0 Å². The van der Waals surface area contributed by atoms with Crippen LogP contribution >= 0.6 is 0 Å². The van der Waals surface area contributed by atoms with Crippen molar-refractivity contribution in [2.75, 3.05) is 11.1 Å².